The topological polar surface area (TPSA) is 55.6 Å². The summed E-state index contributed by atoms with van der Waals surface area (Å²) in [5, 5.41) is 7.79. The molecule has 6 heteroatoms. The van der Waals surface area contributed by atoms with E-state index in [0.29, 0.717) is 5.95 Å². The molecule has 3 aromatic rings. The SMILES string of the molecule is CCCn1cc(-c2ccnc(NC(C)c3ccc(F)cc3)n2)c(C)n1. The van der Waals surface area contributed by atoms with E-state index in [1.165, 1.54) is 12.1 Å². The molecule has 3 rings (SSSR count). The van der Waals surface area contributed by atoms with Crippen LogP contribution in [0.25, 0.3) is 11.3 Å². The lowest BCUT2D eigenvalue weighted by Gasteiger charge is -2.14. The maximum Gasteiger partial charge on any atom is 0.223 e. The third kappa shape index (κ3) is 4.02. The summed E-state index contributed by atoms with van der Waals surface area (Å²) in [5.41, 5.74) is 3.77. The molecule has 1 atom stereocenters. The molecule has 0 fully saturated rings. The van der Waals surface area contributed by atoms with Crippen molar-refractivity contribution in [3.05, 3.63) is 59.8 Å². The lowest BCUT2D eigenvalue weighted by atomic mass is 10.1. The van der Waals surface area contributed by atoms with Gasteiger partial charge in [-0.3, -0.25) is 4.68 Å². The highest BCUT2D eigenvalue weighted by atomic mass is 19.1. The van der Waals surface area contributed by atoms with Crippen LogP contribution in [0.4, 0.5) is 10.3 Å². The van der Waals surface area contributed by atoms with Crippen molar-refractivity contribution in [2.24, 2.45) is 0 Å². The summed E-state index contributed by atoms with van der Waals surface area (Å²) in [7, 11) is 0. The van der Waals surface area contributed by atoms with Gasteiger partial charge in [0, 0.05) is 24.5 Å². The monoisotopic (exact) mass is 339 g/mol. The highest BCUT2D eigenvalue weighted by Crippen LogP contribution is 2.23. The second-order valence-electron chi connectivity index (χ2n) is 6.07. The predicted octanol–water partition coefficient (Wildman–Crippen LogP) is 4.37. The predicted molar refractivity (Wildman–Crippen MR) is 96.7 cm³/mol. The molecule has 0 spiro atoms. The largest absolute Gasteiger partial charge is 0.348 e. The molecule has 0 radical (unpaired) electrons. The Labute approximate surface area is 146 Å². The van der Waals surface area contributed by atoms with Gasteiger partial charge < -0.3 is 5.32 Å². The zero-order valence-corrected chi connectivity index (χ0v) is 14.7. The van der Waals surface area contributed by atoms with E-state index >= 15 is 0 Å². The smallest absolute Gasteiger partial charge is 0.223 e. The van der Waals surface area contributed by atoms with Gasteiger partial charge >= 0.3 is 0 Å². The lowest BCUT2D eigenvalue weighted by Crippen LogP contribution is -2.09. The van der Waals surface area contributed by atoms with Gasteiger partial charge in [0.25, 0.3) is 0 Å². The van der Waals surface area contributed by atoms with Gasteiger partial charge in [-0.2, -0.15) is 5.10 Å². The van der Waals surface area contributed by atoms with Gasteiger partial charge in [0.15, 0.2) is 0 Å². The van der Waals surface area contributed by atoms with Crippen molar-refractivity contribution in [1.82, 2.24) is 19.7 Å². The van der Waals surface area contributed by atoms with Crippen LogP contribution in [0, 0.1) is 12.7 Å². The highest BCUT2D eigenvalue weighted by Gasteiger charge is 2.12. The van der Waals surface area contributed by atoms with Crippen molar-refractivity contribution in [3.63, 3.8) is 0 Å². The lowest BCUT2D eigenvalue weighted by molar-refractivity contribution is 0.598. The Morgan fingerprint density at radius 1 is 1.20 bits per heavy atom. The summed E-state index contributed by atoms with van der Waals surface area (Å²) < 4.78 is 15.0. The van der Waals surface area contributed by atoms with Crippen LogP contribution in [0.5, 0.6) is 0 Å². The summed E-state index contributed by atoms with van der Waals surface area (Å²) in [6.07, 6.45) is 4.79. The van der Waals surface area contributed by atoms with Crippen molar-refractivity contribution in [2.75, 3.05) is 5.32 Å². The zero-order chi connectivity index (χ0) is 17.8. The van der Waals surface area contributed by atoms with Crippen LogP contribution >= 0.6 is 0 Å². The molecule has 0 aliphatic heterocycles. The first-order chi connectivity index (χ1) is 12.1. The summed E-state index contributed by atoms with van der Waals surface area (Å²) in [4.78, 5) is 8.91. The maximum absolute atomic E-state index is 13.1. The first kappa shape index (κ1) is 17.1. The van der Waals surface area contributed by atoms with E-state index < -0.39 is 0 Å². The highest BCUT2D eigenvalue weighted by molar-refractivity contribution is 5.61. The van der Waals surface area contributed by atoms with Crippen molar-refractivity contribution in [1.29, 1.82) is 0 Å². The fraction of sp³-hybridized carbons (Fsp3) is 0.316. The minimum absolute atomic E-state index is 0.0280. The van der Waals surface area contributed by atoms with Gasteiger partial charge in [-0.15, -0.1) is 0 Å². The molecule has 5 nitrogen and oxygen atoms in total. The number of aromatic nitrogens is 4. The normalized spacial score (nSPS) is 12.2. The molecular formula is C19H22FN5. The van der Waals surface area contributed by atoms with Crippen LogP contribution in [-0.4, -0.2) is 19.7 Å². The van der Waals surface area contributed by atoms with Gasteiger partial charge in [0.1, 0.15) is 5.82 Å². The minimum Gasteiger partial charge on any atom is -0.348 e. The van der Waals surface area contributed by atoms with Gasteiger partial charge in [0.2, 0.25) is 5.95 Å². The molecule has 0 saturated heterocycles. The number of benzene rings is 1. The average Bonchev–Trinajstić information content (AvgIpc) is 2.96. The van der Waals surface area contributed by atoms with E-state index in [2.05, 4.69) is 27.3 Å². The molecule has 0 amide bonds. The van der Waals surface area contributed by atoms with Gasteiger partial charge in [0.05, 0.1) is 17.4 Å². The van der Waals surface area contributed by atoms with Crippen LogP contribution in [0.3, 0.4) is 0 Å². The summed E-state index contributed by atoms with van der Waals surface area (Å²) >= 11 is 0. The number of anilines is 1. The molecule has 0 aliphatic carbocycles. The summed E-state index contributed by atoms with van der Waals surface area (Å²) in [5.74, 6) is 0.297. The number of nitrogens with zero attached hydrogens (tertiary/aromatic N) is 4. The first-order valence-corrected chi connectivity index (χ1v) is 8.46. The molecular weight excluding hydrogens is 317 g/mol. The number of rotatable bonds is 6. The fourth-order valence-corrected chi connectivity index (χ4v) is 2.72. The second kappa shape index (κ2) is 7.42. The van der Waals surface area contributed by atoms with Crippen molar-refractivity contribution in [2.45, 2.75) is 39.8 Å². The van der Waals surface area contributed by atoms with Crippen LogP contribution < -0.4 is 5.32 Å². The fourth-order valence-electron chi connectivity index (χ4n) is 2.72. The van der Waals surface area contributed by atoms with Crippen molar-refractivity contribution in [3.8, 4) is 11.3 Å². The molecule has 1 aromatic carbocycles. The quantitative estimate of drug-likeness (QED) is 0.724. The van der Waals surface area contributed by atoms with Crippen LogP contribution in [0.15, 0.2) is 42.7 Å². The third-order valence-electron chi connectivity index (χ3n) is 4.05. The Hall–Kier alpha value is -2.76. The molecule has 0 aliphatic rings. The zero-order valence-electron chi connectivity index (χ0n) is 14.7. The number of nitrogens with one attached hydrogen (secondary N) is 1. The molecule has 2 heterocycles. The summed E-state index contributed by atoms with van der Waals surface area (Å²) in [6.45, 7) is 6.99. The van der Waals surface area contributed by atoms with E-state index in [0.717, 1.165) is 35.5 Å². The molecule has 0 bridgehead atoms. The van der Waals surface area contributed by atoms with Crippen LogP contribution in [0.2, 0.25) is 0 Å². The molecule has 1 N–H and O–H groups in total. The van der Waals surface area contributed by atoms with E-state index in [1.54, 1.807) is 18.3 Å². The third-order valence-corrected chi connectivity index (χ3v) is 4.05. The first-order valence-electron chi connectivity index (χ1n) is 8.46. The van der Waals surface area contributed by atoms with E-state index in [4.69, 9.17) is 0 Å². The van der Waals surface area contributed by atoms with Crippen molar-refractivity contribution >= 4 is 5.95 Å². The second-order valence-corrected chi connectivity index (χ2v) is 6.07. The molecule has 25 heavy (non-hydrogen) atoms. The number of hydrogen-bond acceptors (Lipinski definition) is 4. The Morgan fingerprint density at radius 3 is 2.68 bits per heavy atom. The number of halogens is 1. The molecule has 1 unspecified atom stereocenters. The number of aryl methyl sites for hydroxylation is 2. The van der Waals surface area contributed by atoms with Crippen molar-refractivity contribution < 1.29 is 4.39 Å². The Bertz CT molecular complexity index is 841. The molecule has 0 saturated carbocycles. The molecule has 2 aromatic heterocycles. The standard InChI is InChI=1S/C19H22FN5/c1-4-11-25-12-17(14(3)24-25)18-9-10-21-19(23-18)22-13(2)15-5-7-16(20)8-6-15/h5-10,12-13H,4,11H2,1-3H3,(H,21,22,23). The summed E-state index contributed by atoms with van der Waals surface area (Å²) in [6, 6.07) is 8.28. The Kier molecular flexibility index (Phi) is 5.07. The average molecular weight is 339 g/mol. The Morgan fingerprint density at radius 2 is 1.96 bits per heavy atom. The van der Waals surface area contributed by atoms with Crippen LogP contribution in [-0.2, 0) is 6.54 Å². The number of hydrogen-bond donors (Lipinski definition) is 1. The van der Waals surface area contributed by atoms with E-state index in [-0.39, 0.29) is 11.9 Å². The van der Waals surface area contributed by atoms with Gasteiger partial charge in [-0.25, -0.2) is 14.4 Å². The van der Waals surface area contributed by atoms with Gasteiger partial charge in [-0.1, -0.05) is 19.1 Å². The van der Waals surface area contributed by atoms with Gasteiger partial charge in [-0.05, 0) is 44.0 Å². The minimum atomic E-state index is -0.242. The maximum atomic E-state index is 13.1. The van der Waals surface area contributed by atoms with E-state index in [9.17, 15) is 4.39 Å². The van der Waals surface area contributed by atoms with E-state index in [1.807, 2.05) is 30.8 Å². The molecule has 130 valence electrons. The van der Waals surface area contributed by atoms with Crippen LogP contribution in [0.1, 0.15) is 37.6 Å². The Balaban J connectivity index is 1.80.